The Hall–Kier alpha value is -3.19. The van der Waals surface area contributed by atoms with Crippen molar-refractivity contribution < 1.29 is 24.2 Å². The number of hydrogen-bond acceptors (Lipinski definition) is 4. The molecule has 2 aromatic carbocycles. The van der Waals surface area contributed by atoms with Crippen molar-refractivity contribution in [2.75, 3.05) is 18.4 Å². The first-order chi connectivity index (χ1) is 13.3. The van der Waals surface area contributed by atoms with E-state index in [1.165, 1.54) is 24.3 Å². The van der Waals surface area contributed by atoms with Crippen molar-refractivity contribution in [1.82, 2.24) is 4.90 Å². The number of ether oxygens (including phenoxy) is 1. The highest BCUT2D eigenvalue weighted by molar-refractivity contribution is 6.05. The Morgan fingerprint density at radius 2 is 1.39 bits per heavy atom. The molecule has 7 heteroatoms. The summed E-state index contributed by atoms with van der Waals surface area (Å²) in [5.74, 6) is -1.47. The maximum absolute atomic E-state index is 12.7. The Labute approximate surface area is 162 Å². The number of nitrogens with zero attached hydrogens (tertiary/aromatic N) is 1. The van der Waals surface area contributed by atoms with E-state index in [1.807, 2.05) is 13.8 Å². The standard InChI is InChI=1S/C21H22N2O5/c1-13-11-23(12-14(2)28-13)20(25)16-7-9-18(10-8-16)22-19(24)15-3-5-17(6-4-15)21(26)27/h3-10,13-14H,11-12H2,1-2H3,(H,22,24)(H,26,27). The van der Waals surface area contributed by atoms with Crippen LogP contribution in [-0.4, -0.2) is 53.1 Å². The van der Waals surface area contributed by atoms with Gasteiger partial charge in [-0.15, -0.1) is 0 Å². The summed E-state index contributed by atoms with van der Waals surface area (Å²) in [6.45, 7) is 4.98. The van der Waals surface area contributed by atoms with Crippen LogP contribution in [0.4, 0.5) is 5.69 Å². The number of amides is 2. The SMILES string of the molecule is CC1CN(C(=O)c2ccc(NC(=O)c3ccc(C(=O)O)cc3)cc2)CC(C)O1. The van der Waals surface area contributed by atoms with Gasteiger partial charge in [0.2, 0.25) is 0 Å². The number of carboxylic acids is 1. The number of nitrogens with one attached hydrogen (secondary N) is 1. The molecule has 2 atom stereocenters. The summed E-state index contributed by atoms with van der Waals surface area (Å²) >= 11 is 0. The Kier molecular flexibility index (Phi) is 5.75. The number of morpholine rings is 1. The molecule has 146 valence electrons. The monoisotopic (exact) mass is 382 g/mol. The van der Waals surface area contributed by atoms with Crippen LogP contribution in [0.2, 0.25) is 0 Å². The molecule has 2 N–H and O–H groups in total. The lowest BCUT2D eigenvalue weighted by Gasteiger charge is -2.35. The summed E-state index contributed by atoms with van der Waals surface area (Å²) in [6, 6.07) is 12.4. The summed E-state index contributed by atoms with van der Waals surface area (Å²) in [6.07, 6.45) is -0.00227. The van der Waals surface area contributed by atoms with Crippen LogP contribution in [0.25, 0.3) is 0 Å². The van der Waals surface area contributed by atoms with Gasteiger partial charge >= 0.3 is 5.97 Å². The second kappa shape index (κ2) is 8.22. The third kappa shape index (κ3) is 4.55. The van der Waals surface area contributed by atoms with Gasteiger partial charge in [0.25, 0.3) is 11.8 Å². The van der Waals surface area contributed by atoms with Crippen LogP contribution in [0.5, 0.6) is 0 Å². The minimum absolute atomic E-state index is 0.00113. The second-order valence-corrected chi connectivity index (χ2v) is 6.88. The van der Waals surface area contributed by atoms with E-state index in [-0.39, 0.29) is 29.6 Å². The van der Waals surface area contributed by atoms with Crippen molar-refractivity contribution in [3.05, 3.63) is 65.2 Å². The molecule has 1 heterocycles. The Balaban J connectivity index is 1.64. The van der Waals surface area contributed by atoms with Crippen LogP contribution in [-0.2, 0) is 4.74 Å². The van der Waals surface area contributed by atoms with Crippen LogP contribution in [0.1, 0.15) is 44.9 Å². The predicted molar refractivity (Wildman–Crippen MR) is 104 cm³/mol. The van der Waals surface area contributed by atoms with Gasteiger partial charge in [-0.05, 0) is 62.4 Å². The molecule has 0 bridgehead atoms. The van der Waals surface area contributed by atoms with Gasteiger partial charge in [0.1, 0.15) is 0 Å². The van der Waals surface area contributed by atoms with Crippen LogP contribution in [0, 0.1) is 0 Å². The van der Waals surface area contributed by atoms with Crippen molar-refractivity contribution in [1.29, 1.82) is 0 Å². The molecule has 1 aliphatic rings. The minimum Gasteiger partial charge on any atom is -0.478 e. The molecule has 0 spiro atoms. The lowest BCUT2D eigenvalue weighted by Crippen LogP contribution is -2.48. The van der Waals surface area contributed by atoms with Gasteiger partial charge in [-0.25, -0.2) is 4.79 Å². The first-order valence-corrected chi connectivity index (χ1v) is 9.03. The van der Waals surface area contributed by atoms with Gasteiger partial charge in [0, 0.05) is 29.9 Å². The van der Waals surface area contributed by atoms with Crippen molar-refractivity contribution in [2.24, 2.45) is 0 Å². The number of rotatable bonds is 4. The van der Waals surface area contributed by atoms with Gasteiger partial charge in [0.15, 0.2) is 0 Å². The van der Waals surface area contributed by atoms with E-state index in [1.54, 1.807) is 29.2 Å². The second-order valence-electron chi connectivity index (χ2n) is 6.88. The number of aromatic carboxylic acids is 1. The number of anilines is 1. The van der Waals surface area contributed by atoms with Gasteiger partial charge in [-0.3, -0.25) is 9.59 Å². The van der Waals surface area contributed by atoms with E-state index >= 15 is 0 Å². The fourth-order valence-electron chi connectivity index (χ4n) is 3.19. The number of hydrogen-bond donors (Lipinski definition) is 2. The average molecular weight is 382 g/mol. The largest absolute Gasteiger partial charge is 0.478 e. The zero-order valence-electron chi connectivity index (χ0n) is 15.7. The quantitative estimate of drug-likeness (QED) is 0.848. The van der Waals surface area contributed by atoms with Gasteiger partial charge in [-0.2, -0.15) is 0 Å². The van der Waals surface area contributed by atoms with Crippen molar-refractivity contribution in [3.8, 4) is 0 Å². The van der Waals surface area contributed by atoms with Crippen LogP contribution in [0.3, 0.4) is 0 Å². The molecular formula is C21H22N2O5. The minimum atomic E-state index is -1.05. The van der Waals surface area contributed by atoms with Gasteiger partial charge < -0.3 is 20.1 Å². The zero-order chi connectivity index (χ0) is 20.3. The third-order valence-corrected chi connectivity index (χ3v) is 4.49. The summed E-state index contributed by atoms with van der Waals surface area (Å²) in [5, 5.41) is 11.6. The topological polar surface area (TPSA) is 95.9 Å². The van der Waals surface area contributed by atoms with Crippen LogP contribution >= 0.6 is 0 Å². The summed E-state index contributed by atoms with van der Waals surface area (Å²) in [4.78, 5) is 37.6. The number of benzene rings is 2. The molecule has 1 saturated heterocycles. The highest BCUT2D eigenvalue weighted by atomic mass is 16.5. The summed E-state index contributed by atoms with van der Waals surface area (Å²) < 4.78 is 5.65. The smallest absolute Gasteiger partial charge is 0.335 e. The molecule has 3 rings (SSSR count). The molecule has 2 unspecified atom stereocenters. The molecule has 2 aromatic rings. The number of carbonyl (C=O) groups is 3. The Morgan fingerprint density at radius 1 is 0.893 bits per heavy atom. The lowest BCUT2D eigenvalue weighted by atomic mass is 10.1. The molecule has 0 aromatic heterocycles. The van der Waals surface area contributed by atoms with E-state index in [0.717, 1.165) is 0 Å². The molecule has 2 amide bonds. The Bertz CT molecular complexity index is 867. The molecular weight excluding hydrogens is 360 g/mol. The molecule has 1 fully saturated rings. The first kappa shape index (κ1) is 19.6. The molecule has 0 aliphatic carbocycles. The van der Waals surface area contributed by atoms with E-state index in [9.17, 15) is 14.4 Å². The maximum Gasteiger partial charge on any atom is 0.335 e. The van der Waals surface area contributed by atoms with Gasteiger partial charge in [-0.1, -0.05) is 0 Å². The lowest BCUT2D eigenvalue weighted by molar-refractivity contribution is -0.0586. The van der Waals surface area contributed by atoms with Crippen LogP contribution < -0.4 is 5.32 Å². The normalized spacial score (nSPS) is 19.1. The van der Waals surface area contributed by atoms with Crippen molar-refractivity contribution >= 4 is 23.5 Å². The molecule has 0 radical (unpaired) electrons. The average Bonchev–Trinajstić information content (AvgIpc) is 2.67. The van der Waals surface area contributed by atoms with E-state index in [0.29, 0.717) is 29.9 Å². The molecule has 0 saturated carbocycles. The fourth-order valence-corrected chi connectivity index (χ4v) is 3.19. The maximum atomic E-state index is 12.7. The number of carbonyl (C=O) groups excluding carboxylic acids is 2. The highest BCUT2D eigenvalue weighted by Gasteiger charge is 2.26. The van der Waals surface area contributed by atoms with Crippen molar-refractivity contribution in [3.63, 3.8) is 0 Å². The predicted octanol–water partition coefficient (Wildman–Crippen LogP) is 2.89. The Morgan fingerprint density at radius 3 is 1.93 bits per heavy atom. The number of carboxylic acid groups (broad SMARTS) is 1. The molecule has 1 aliphatic heterocycles. The van der Waals surface area contributed by atoms with Crippen LogP contribution in [0.15, 0.2) is 48.5 Å². The zero-order valence-corrected chi connectivity index (χ0v) is 15.7. The molecule has 7 nitrogen and oxygen atoms in total. The van der Waals surface area contributed by atoms with Gasteiger partial charge in [0.05, 0.1) is 17.8 Å². The third-order valence-electron chi connectivity index (χ3n) is 4.49. The summed E-state index contributed by atoms with van der Waals surface area (Å²) in [5.41, 5.74) is 1.56. The van der Waals surface area contributed by atoms with E-state index in [4.69, 9.17) is 9.84 Å². The summed E-state index contributed by atoms with van der Waals surface area (Å²) in [7, 11) is 0. The fraction of sp³-hybridized carbons (Fsp3) is 0.286. The van der Waals surface area contributed by atoms with Crippen molar-refractivity contribution in [2.45, 2.75) is 26.1 Å². The first-order valence-electron chi connectivity index (χ1n) is 9.03. The van der Waals surface area contributed by atoms with E-state index < -0.39 is 5.97 Å². The van der Waals surface area contributed by atoms with E-state index in [2.05, 4.69) is 5.32 Å². The molecule has 28 heavy (non-hydrogen) atoms. The highest BCUT2D eigenvalue weighted by Crippen LogP contribution is 2.17.